The van der Waals surface area contributed by atoms with E-state index in [0.29, 0.717) is 6.07 Å². The third kappa shape index (κ3) is 2.20. The number of benzene rings is 1. The van der Waals surface area contributed by atoms with Crippen LogP contribution < -0.4 is 0 Å². The third-order valence-electron chi connectivity index (χ3n) is 2.07. The van der Waals surface area contributed by atoms with Gasteiger partial charge in [-0.05, 0) is 18.6 Å². The quantitative estimate of drug-likeness (QED) is 0.567. The average molecular weight is 238 g/mol. The topological polar surface area (TPSA) is 17.1 Å². The molecule has 6 heteroatoms. The lowest BCUT2D eigenvalue weighted by Gasteiger charge is -2.12. The summed E-state index contributed by atoms with van der Waals surface area (Å²) in [5.41, 5.74) is -2.84. The molecule has 1 rings (SSSR count). The Hall–Kier alpha value is -1.46. The van der Waals surface area contributed by atoms with Gasteiger partial charge in [0.25, 0.3) is 0 Å². The molecule has 88 valence electrons. The van der Waals surface area contributed by atoms with Gasteiger partial charge in [-0.25, -0.2) is 8.78 Å². The Bertz CT molecular complexity index is 408. The predicted octanol–water partition coefficient (Wildman–Crippen LogP) is 3.69. The molecule has 1 aromatic rings. The molecule has 0 unspecified atom stereocenters. The Labute approximate surface area is 87.9 Å². The molecule has 0 aliphatic heterocycles. The second-order valence-corrected chi connectivity index (χ2v) is 3.16. The van der Waals surface area contributed by atoms with Crippen molar-refractivity contribution in [2.75, 3.05) is 0 Å². The van der Waals surface area contributed by atoms with E-state index in [0.717, 1.165) is 13.0 Å². The molecule has 0 amide bonds. The number of alkyl halides is 4. The van der Waals surface area contributed by atoms with Crippen LogP contribution in [0.2, 0.25) is 0 Å². The summed E-state index contributed by atoms with van der Waals surface area (Å²) in [6.45, 7) is 1.01. The van der Waals surface area contributed by atoms with Gasteiger partial charge in [0.2, 0.25) is 0 Å². The highest BCUT2D eigenvalue weighted by Crippen LogP contribution is 2.34. The second-order valence-electron chi connectivity index (χ2n) is 3.16. The maximum absolute atomic E-state index is 13.3. The van der Waals surface area contributed by atoms with E-state index in [2.05, 4.69) is 0 Å². The van der Waals surface area contributed by atoms with Gasteiger partial charge < -0.3 is 0 Å². The zero-order valence-electron chi connectivity index (χ0n) is 8.11. The van der Waals surface area contributed by atoms with E-state index in [1.165, 1.54) is 0 Å². The first kappa shape index (κ1) is 12.6. The van der Waals surface area contributed by atoms with Crippen LogP contribution in [0.1, 0.15) is 34.6 Å². The van der Waals surface area contributed by atoms with Crippen LogP contribution in [0.5, 0.6) is 0 Å². The number of carbonyl (C=O) groups is 1. The summed E-state index contributed by atoms with van der Waals surface area (Å²) in [6.07, 6.45) is -6.73. The Morgan fingerprint density at radius 3 is 2.25 bits per heavy atom. The SMILES string of the molecule is C[C@@H](F)c1ccc(C(F)(F)F)c(F)c1C=O. The molecule has 0 radical (unpaired) electrons. The van der Waals surface area contributed by atoms with Gasteiger partial charge in [-0.2, -0.15) is 13.2 Å². The first-order valence-corrected chi connectivity index (χ1v) is 4.28. The smallest absolute Gasteiger partial charge is 0.298 e. The molecule has 0 aliphatic carbocycles. The summed E-state index contributed by atoms with van der Waals surface area (Å²) in [5, 5.41) is 0. The van der Waals surface area contributed by atoms with Crippen molar-refractivity contribution < 1.29 is 26.7 Å². The largest absolute Gasteiger partial charge is 0.419 e. The van der Waals surface area contributed by atoms with Crippen LogP contribution >= 0.6 is 0 Å². The fourth-order valence-corrected chi connectivity index (χ4v) is 1.29. The van der Waals surface area contributed by atoms with E-state index < -0.39 is 29.3 Å². The van der Waals surface area contributed by atoms with Crippen molar-refractivity contribution in [1.29, 1.82) is 0 Å². The average Bonchev–Trinajstić information content (AvgIpc) is 2.14. The van der Waals surface area contributed by atoms with E-state index in [9.17, 15) is 26.7 Å². The predicted molar refractivity (Wildman–Crippen MR) is 46.3 cm³/mol. The van der Waals surface area contributed by atoms with E-state index in [1.807, 2.05) is 0 Å². The molecule has 1 nitrogen and oxygen atoms in total. The van der Waals surface area contributed by atoms with Crippen molar-refractivity contribution in [3.63, 3.8) is 0 Å². The number of halogens is 5. The Balaban J connectivity index is 3.46. The molecule has 0 saturated carbocycles. The molecule has 1 atom stereocenters. The van der Waals surface area contributed by atoms with Crippen LogP contribution in [-0.2, 0) is 6.18 Å². The number of hydrogen-bond donors (Lipinski definition) is 0. The minimum atomic E-state index is -4.90. The molecule has 0 bridgehead atoms. The van der Waals surface area contributed by atoms with Crippen LogP contribution in [-0.4, -0.2) is 6.29 Å². The van der Waals surface area contributed by atoms with Gasteiger partial charge in [-0.3, -0.25) is 4.79 Å². The summed E-state index contributed by atoms with van der Waals surface area (Å²) in [5.74, 6) is -1.73. The normalized spacial score (nSPS) is 13.6. The molecule has 0 fully saturated rings. The van der Waals surface area contributed by atoms with E-state index in [-0.39, 0.29) is 11.8 Å². The van der Waals surface area contributed by atoms with Crippen molar-refractivity contribution in [2.24, 2.45) is 0 Å². The standard InChI is InChI=1S/C10H7F5O/c1-5(11)6-2-3-8(10(13,14)15)9(12)7(6)4-16/h2-5H,1H3/t5-/m1/s1. The number of aldehydes is 1. The third-order valence-corrected chi connectivity index (χ3v) is 2.07. The minimum Gasteiger partial charge on any atom is -0.298 e. The number of hydrogen-bond acceptors (Lipinski definition) is 1. The highest BCUT2D eigenvalue weighted by molar-refractivity contribution is 5.78. The summed E-state index contributed by atoms with van der Waals surface area (Å²) in [4.78, 5) is 10.5. The lowest BCUT2D eigenvalue weighted by Crippen LogP contribution is -2.11. The fourth-order valence-electron chi connectivity index (χ4n) is 1.29. The van der Waals surface area contributed by atoms with Crippen molar-refractivity contribution in [2.45, 2.75) is 19.3 Å². The van der Waals surface area contributed by atoms with E-state index in [1.54, 1.807) is 0 Å². The highest BCUT2D eigenvalue weighted by Gasteiger charge is 2.35. The molecule has 1 aromatic carbocycles. The molecule has 0 saturated heterocycles. The first-order chi connectivity index (χ1) is 7.29. The summed E-state index contributed by atoms with van der Waals surface area (Å²) in [6, 6.07) is 1.19. The molecule has 0 aromatic heterocycles. The molecule has 0 spiro atoms. The highest BCUT2D eigenvalue weighted by atomic mass is 19.4. The van der Waals surface area contributed by atoms with Crippen LogP contribution in [0.15, 0.2) is 12.1 Å². The molecule has 0 N–H and O–H groups in total. The van der Waals surface area contributed by atoms with Gasteiger partial charge in [-0.1, -0.05) is 6.07 Å². The summed E-state index contributed by atoms with van der Waals surface area (Å²) >= 11 is 0. The zero-order chi connectivity index (χ0) is 12.5. The van der Waals surface area contributed by atoms with Crippen molar-refractivity contribution in [3.8, 4) is 0 Å². The van der Waals surface area contributed by atoms with Crippen molar-refractivity contribution in [1.82, 2.24) is 0 Å². The molecule has 0 aliphatic rings. The molecular weight excluding hydrogens is 231 g/mol. The van der Waals surface area contributed by atoms with Gasteiger partial charge in [0, 0.05) is 0 Å². The minimum absolute atomic E-state index is 0.115. The van der Waals surface area contributed by atoms with Gasteiger partial charge >= 0.3 is 6.18 Å². The number of carbonyl (C=O) groups excluding carboxylic acids is 1. The van der Waals surface area contributed by atoms with Gasteiger partial charge in [0.1, 0.15) is 12.0 Å². The maximum Gasteiger partial charge on any atom is 0.419 e. The zero-order valence-corrected chi connectivity index (χ0v) is 8.11. The number of rotatable bonds is 2. The Kier molecular flexibility index (Phi) is 3.30. The van der Waals surface area contributed by atoms with Crippen LogP contribution in [0.25, 0.3) is 0 Å². The van der Waals surface area contributed by atoms with Gasteiger partial charge in [0.15, 0.2) is 6.29 Å². The Morgan fingerprint density at radius 2 is 1.88 bits per heavy atom. The first-order valence-electron chi connectivity index (χ1n) is 4.28. The summed E-state index contributed by atoms with van der Waals surface area (Å²) < 4.78 is 62.9. The molecule has 16 heavy (non-hydrogen) atoms. The maximum atomic E-state index is 13.3. The van der Waals surface area contributed by atoms with Crippen molar-refractivity contribution >= 4 is 6.29 Å². The molecular formula is C10H7F5O. The van der Waals surface area contributed by atoms with E-state index in [4.69, 9.17) is 0 Å². The Morgan fingerprint density at radius 1 is 1.31 bits per heavy atom. The lowest BCUT2D eigenvalue weighted by molar-refractivity contribution is -0.140. The summed E-state index contributed by atoms with van der Waals surface area (Å²) in [7, 11) is 0. The van der Waals surface area contributed by atoms with Crippen LogP contribution in [0, 0.1) is 5.82 Å². The van der Waals surface area contributed by atoms with Gasteiger partial charge in [-0.15, -0.1) is 0 Å². The van der Waals surface area contributed by atoms with Crippen LogP contribution in [0.3, 0.4) is 0 Å². The molecule has 0 heterocycles. The van der Waals surface area contributed by atoms with Crippen molar-refractivity contribution in [3.05, 3.63) is 34.6 Å². The lowest BCUT2D eigenvalue weighted by atomic mass is 10.0. The van der Waals surface area contributed by atoms with Crippen LogP contribution in [0.4, 0.5) is 22.0 Å². The second kappa shape index (κ2) is 4.19. The van der Waals surface area contributed by atoms with Gasteiger partial charge in [0.05, 0.1) is 11.1 Å². The van der Waals surface area contributed by atoms with E-state index >= 15 is 0 Å². The fraction of sp³-hybridized carbons (Fsp3) is 0.300. The monoisotopic (exact) mass is 238 g/mol.